The van der Waals surface area contributed by atoms with E-state index in [2.05, 4.69) is 49.4 Å². The van der Waals surface area contributed by atoms with Gasteiger partial charge in [0.25, 0.3) is 0 Å². The Morgan fingerprint density at radius 1 is 1.33 bits per heavy atom. The van der Waals surface area contributed by atoms with Crippen molar-refractivity contribution < 1.29 is 0 Å². The van der Waals surface area contributed by atoms with Gasteiger partial charge in [-0.3, -0.25) is 0 Å². The molecule has 0 radical (unpaired) electrons. The maximum absolute atomic E-state index is 3.63. The molecule has 0 aliphatic heterocycles. The van der Waals surface area contributed by atoms with Gasteiger partial charge in [-0.25, -0.2) is 0 Å². The van der Waals surface area contributed by atoms with Gasteiger partial charge in [0.05, 0.1) is 0 Å². The topological polar surface area (TPSA) is 15.3 Å². The summed E-state index contributed by atoms with van der Waals surface area (Å²) in [6, 6.07) is 2.81. The van der Waals surface area contributed by atoms with E-state index in [-0.39, 0.29) is 0 Å². The number of thiophene rings is 1. The predicted molar refractivity (Wildman–Crippen MR) is 82.4 cm³/mol. The van der Waals surface area contributed by atoms with Gasteiger partial charge in [0.15, 0.2) is 0 Å². The van der Waals surface area contributed by atoms with Crippen LogP contribution in [0.3, 0.4) is 0 Å². The van der Waals surface area contributed by atoms with E-state index in [1.165, 1.54) is 42.9 Å². The smallest absolute Gasteiger partial charge is 0.0304 e. The summed E-state index contributed by atoms with van der Waals surface area (Å²) >= 11 is 1.86. The van der Waals surface area contributed by atoms with Crippen LogP contribution in [-0.4, -0.2) is 30.6 Å². The van der Waals surface area contributed by atoms with Gasteiger partial charge < -0.3 is 10.2 Å². The molecule has 0 amide bonds. The van der Waals surface area contributed by atoms with Gasteiger partial charge >= 0.3 is 0 Å². The quantitative estimate of drug-likeness (QED) is 0.735. The Morgan fingerprint density at radius 3 is 2.61 bits per heavy atom. The minimum atomic E-state index is 0.613. The van der Waals surface area contributed by atoms with Crippen LogP contribution in [0, 0.1) is 6.92 Å². The molecule has 3 heteroatoms. The van der Waals surface area contributed by atoms with Crippen LogP contribution in [0.4, 0.5) is 0 Å². The van der Waals surface area contributed by atoms with Crippen molar-refractivity contribution in [3.05, 3.63) is 21.9 Å². The van der Waals surface area contributed by atoms with Gasteiger partial charge in [-0.2, -0.15) is 0 Å². The first kappa shape index (κ1) is 15.7. The lowest BCUT2D eigenvalue weighted by Crippen LogP contribution is -2.28. The van der Waals surface area contributed by atoms with Gasteiger partial charge in [-0.1, -0.05) is 13.8 Å². The summed E-state index contributed by atoms with van der Waals surface area (Å²) in [5.41, 5.74) is 1.42. The second kappa shape index (κ2) is 8.68. The van der Waals surface area contributed by atoms with E-state index in [0.717, 1.165) is 6.54 Å². The van der Waals surface area contributed by atoms with Crippen LogP contribution in [0.2, 0.25) is 0 Å². The Morgan fingerprint density at radius 2 is 2.06 bits per heavy atom. The maximum atomic E-state index is 3.63. The lowest BCUT2D eigenvalue weighted by Gasteiger charge is -2.19. The average Bonchev–Trinajstić information content (AvgIpc) is 2.78. The number of nitrogens with zero attached hydrogens (tertiary/aromatic N) is 1. The van der Waals surface area contributed by atoms with Crippen molar-refractivity contribution in [2.45, 2.75) is 53.1 Å². The fourth-order valence-corrected chi connectivity index (χ4v) is 2.97. The third kappa shape index (κ3) is 5.51. The third-order valence-electron chi connectivity index (χ3n) is 3.59. The van der Waals surface area contributed by atoms with E-state index >= 15 is 0 Å². The Labute approximate surface area is 116 Å². The standard InChI is InChI=1S/C15H28N2S/c1-5-17(6-2)10-7-8-14(4)16-12-15-13(3)9-11-18-15/h9,11,14,16H,5-8,10,12H2,1-4H3/t14-/m0/s1. The molecule has 0 bridgehead atoms. The molecular formula is C15H28N2S. The third-order valence-corrected chi connectivity index (χ3v) is 4.61. The molecule has 0 aliphatic rings. The highest BCUT2D eigenvalue weighted by molar-refractivity contribution is 7.10. The van der Waals surface area contributed by atoms with Crippen LogP contribution in [0.15, 0.2) is 11.4 Å². The lowest BCUT2D eigenvalue weighted by molar-refractivity contribution is 0.290. The second-order valence-electron chi connectivity index (χ2n) is 4.98. The van der Waals surface area contributed by atoms with Gasteiger partial charge in [-0.15, -0.1) is 11.3 Å². The molecule has 18 heavy (non-hydrogen) atoms. The molecule has 104 valence electrons. The fourth-order valence-electron chi connectivity index (χ4n) is 2.12. The Bertz CT molecular complexity index is 318. The molecule has 1 aromatic rings. The Hall–Kier alpha value is -0.380. The lowest BCUT2D eigenvalue weighted by atomic mass is 10.1. The minimum Gasteiger partial charge on any atom is -0.309 e. The SMILES string of the molecule is CCN(CC)CCC[C@H](C)NCc1sccc1C. The number of hydrogen-bond donors (Lipinski definition) is 1. The number of nitrogens with one attached hydrogen (secondary N) is 1. The molecule has 1 heterocycles. The summed E-state index contributed by atoms with van der Waals surface area (Å²) in [6.45, 7) is 13.6. The molecule has 1 rings (SSSR count). The average molecular weight is 268 g/mol. The highest BCUT2D eigenvalue weighted by Gasteiger charge is 2.05. The summed E-state index contributed by atoms with van der Waals surface area (Å²) in [6.07, 6.45) is 2.56. The van der Waals surface area contributed by atoms with Crippen LogP contribution in [0.25, 0.3) is 0 Å². The Kier molecular flexibility index (Phi) is 7.56. The van der Waals surface area contributed by atoms with Crippen LogP contribution in [-0.2, 0) is 6.54 Å². The van der Waals surface area contributed by atoms with Gasteiger partial charge in [0.2, 0.25) is 0 Å². The molecule has 0 aromatic carbocycles. The summed E-state index contributed by atoms with van der Waals surface area (Å²) < 4.78 is 0. The van der Waals surface area contributed by atoms with Crippen molar-refractivity contribution >= 4 is 11.3 Å². The molecule has 0 unspecified atom stereocenters. The van der Waals surface area contributed by atoms with Crippen LogP contribution in [0.1, 0.15) is 44.1 Å². The van der Waals surface area contributed by atoms with Gasteiger partial charge in [0.1, 0.15) is 0 Å². The zero-order valence-electron chi connectivity index (χ0n) is 12.3. The first-order chi connectivity index (χ1) is 8.67. The number of aryl methyl sites for hydroxylation is 1. The van der Waals surface area contributed by atoms with Crippen molar-refractivity contribution in [3.63, 3.8) is 0 Å². The highest BCUT2D eigenvalue weighted by atomic mass is 32.1. The van der Waals surface area contributed by atoms with Crippen LogP contribution in [0.5, 0.6) is 0 Å². The molecule has 1 N–H and O–H groups in total. The van der Waals surface area contributed by atoms with Gasteiger partial charge in [0, 0.05) is 17.5 Å². The minimum absolute atomic E-state index is 0.613. The molecule has 1 aromatic heterocycles. The molecule has 2 nitrogen and oxygen atoms in total. The maximum Gasteiger partial charge on any atom is 0.0304 e. The summed E-state index contributed by atoms with van der Waals surface area (Å²) in [7, 11) is 0. The monoisotopic (exact) mass is 268 g/mol. The summed E-state index contributed by atoms with van der Waals surface area (Å²) in [5.74, 6) is 0. The summed E-state index contributed by atoms with van der Waals surface area (Å²) in [5, 5.41) is 5.81. The molecule has 0 spiro atoms. The van der Waals surface area contributed by atoms with Gasteiger partial charge in [-0.05, 0) is 63.3 Å². The molecule has 0 saturated carbocycles. The van der Waals surface area contributed by atoms with E-state index in [0.29, 0.717) is 6.04 Å². The summed E-state index contributed by atoms with van der Waals surface area (Å²) in [4.78, 5) is 3.97. The van der Waals surface area contributed by atoms with E-state index in [1.54, 1.807) is 0 Å². The number of hydrogen-bond acceptors (Lipinski definition) is 3. The van der Waals surface area contributed by atoms with Crippen molar-refractivity contribution in [2.75, 3.05) is 19.6 Å². The zero-order chi connectivity index (χ0) is 13.4. The molecule has 1 atom stereocenters. The van der Waals surface area contributed by atoms with Crippen molar-refractivity contribution in [3.8, 4) is 0 Å². The van der Waals surface area contributed by atoms with E-state index in [9.17, 15) is 0 Å². The van der Waals surface area contributed by atoms with Crippen molar-refractivity contribution in [1.82, 2.24) is 10.2 Å². The molecular weight excluding hydrogens is 240 g/mol. The van der Waals surface area contributed by atoms with E-state index in [1.807, 2.05) is 11.3 Å². The molecule has 0 saturated heterocycles. The van der Waals surface area contributed by atoms with Crippen LogP contribution >= 0.6 is 11.3 Å². The Balaban J connectivity index is 2.14. The second-order valence-corrected chi connectivity index (χ2v) is 5.98. The largest absolute Gasteiger partial charge is 0.309 e. The molecule has 0 aliphatic carbocycles. The van der Waals surface area contributed by atoms with Crippen LogP contribution < -0.4 is 5.32 Å². The normalized spacial score (nSPS) is 13.2. The fraction of sp³-hybridized carbons (Fsp3) is 0.733. The highest BCUT2D eigenvalue weighted by Crippen LogP contribution is 2.15. The van der Waals surface area contributed by atoms with Crippen molar-refractivity contribution in [2.24, 2.45) is 0 Å². The number of rotatable bonds is 9. The molecule has 0 fully saturated rings. The van der Waals surface area contributed by atoms with E-state index < -0.39 is 0 Å². The van der Waals surface area contributed by atoms with E-state index in [4.69, 9.17) is 0 Å². The van der Waals surface area contributed by atoms with Crippen molar-refractivity contribution in [1.29, 1.82) is 0 Å². The zero-order valence-corrected chi connectivity index (χ0v) is 13.1. The predicted octanol–water partition coefficient (Wildman–Crippen LogP) is 3.66. The first-order valence-electron chi connectivity index (χ1n) is 7.16. The first-order valence-corrected chi connectivity index (χ1v) is 8.04.